The molecule has 5 nitrogen and oxygen atoms in total. The van der Waals surface area contributed by atoms with Crippen molar-refractivity contribution < 1.29 is 14.3 Å². The normalized spacial score (nSPS) is 17.3. The number of likely N-dealkylation sites (N-methyl/N-ethyl adjacent to an activating group) is 1. The van der Waals surface area contributed by atoms with Gasteiger partial charge in [0.25, 0.3) is 0 Å². The first-order valence-corrected chi connectivity index (χ1v) is 9.31. The predicted octanol–water partition coefficient (Wildman–Crippen LogP) is 3.55. The fraction of sp³-hybridized carbons (Fsp3) is 0.650. The molecule has 3 rings (SSSR count). The molecule has 2 aliphatic heterocycles. The van der Waals surface area contributed by atoms with E-state index in [2.05, 4.69) is 24.8 Å². The van der Waals surface area contributed by atoms with Gasteiger partial charge in [-0.3, -0.25) is 0 Å². The SMILES string of the molecule is CCN1CCOc2cc3c(c(C)c21)CCN(C(=O)OC(C)(C)C)CC3. The largest absolute Gasteiger partial charge is 0.490 e. The minimum Gasteiger partial charge on any atom is -0.490 e. The highest BCUT2D eigenvalue weighted by Gasteiger charge is 2.28. The summed E-state index contributed by atoms with van der Waals surface area (Å²) in [5.74, 6) is 0.995. The number of benzene rings is 1. The molecule has 0 unspecified atom stereocenters. The lowest BCUT2D eigenvalue weighted by molar-refractivity contribution is 0.0258. The molecule has 0 spiro atoms. The number of hydrogen-bond donors (Lipinski definition) is 0. The highest BCUT2D eigenvalue weighted by Crippen LogP contribution is 2.39. The van der Waals surface area contributed by atoms with E-state index in [1.807, 2.05) is 25.7 Å². The number of ether oxygens (including phenoxy) is 2. The van der Waals surface area contributed by atoms with Crippen molar-refractivity contribution in [1.29, 1.82) is 0 Å². The molecular formula is C20H30N2O3. The Bertz CT molecular complexity index is 664. The van der Waals surface area contributed by atoms with Gasteiger partial charge in [-0.15, -0.1) is 0 Å². The zero-order valence-electron chi connectivity index (χ0n) is 16.1. The molecular weight excluding hydrogens is 316 g/mol. The zero-order valence-corrected chi connectivity index (χ0v) is 16.1. The van der Waals surface area contributed by atoms with Gasteiger partial charge in [-0.25, -0.2) is 4.79 Å². The second-order valence-electron chi connectivity index (χ2n) is 7.88. The molecule has 0 aromatic heterocycles. The number of nitrogens with zero attached hydrogens (tertiary/aromatic N) is 2. The maximum absolute atomic E-state index is 12.4. The Hall–Kier alpha value is -1.91. The van der Waals surface area contributed by atoms with Crippen LogP contribution < -0.4 is 9.64 Å². The lowest BCUT2D eigenvalue weighted by Gasteiger charge is -2.33. The first kappa shape index (κ1) is 17.9. The molecule has 1 aromatic rings. The van der Waals surface area contributed by atoms with E-state index in [1.165, 1.54) is 22.4 Å². The Morgan fingerprint density at radius 3 is 2.64 bits per heavy atom. The van der Waals surface area contributed by atoms with E-state index in [4.69, 9.17) is 9.47 Å². The number of carbonyl (C=O) groups is 1. The topological polar surface area (TPSA) is 42.0 Å². The molecule has 1 aromatic carbocycles. The van der Waals surface area contributed by atoms with E-state index in [1.54, 1.807) is 0 Å². The van der Waals surface area contributed by atoms with E-state index >= 15 is 0 Å². The zero-order chi connectivity index (χ0) is 18.2. The second kappa shape index (κ2) is 6.77. The van der Waals surface area contributed by atoms with Gasteiger partial charge in [0.05, 0.1) is 12.2 Å². The third kappa shape index (κ3) is 3.70. The van der Waals surface area contributed by atoms with Crippen molar-refractivity contribution in [1.82, 2.24) is 4.90 Å². The summed E-state index contributed by atoms with van der Waals surface area (Å²) in [5.41, 5.74) is 4.76. The van der Waals surface area contributed by atoms with Gasteiger partial charge in [-0.2, -0.15) is 0 Å². The lowest BCUT2D eigenvalue weighted by Crippen LogP contribution is -2.38. The average molecular weight is 346 g/mol. The highest BCUT2D eigenvalue weighted by atomic mass is 16.6. The van der Waals surface area contributed by atoms with Crippen LogP contribution in [0.1, 0.15) is 44.4 Å². The van der Waals surface area contributed by atoms with E-state index in [-0.39, 0.29) is 6.09 Å². The van der Waals surface area contributed by atoms with Crippen molar-refractivity contribution in [3.05, 3.63) is 22.8 Å². The summed E-state index contributed by atoms with van der Waals surface area (Å²) in [6.45, 7) is 14.2. The average Bonchev–Trinajstić information content (AvgIpc) is 2.75. The summed E-state index contributed by atoms with van der Waals surface area (Å²) < 4.78 is 11.5. The highest BCUT2D eigenvalue weighted by molar-refractivity contribution is 5.70. The van der Waals surface area contributed by atoms with E-state index in [9.17, 15) is 4.79 Å². The van der Waals surface area contributed by atoms with Crippen LogP contribution in [0.15, 0.2) is 6.07 Å². The molecule has 0 aliphatic carbocycles. The van der Waals surface area contributed by atoms with E-state index < -0.39 is 5.60 Å². The van der Waals surface area contributed by atoms with E-state index in [0.717, 1.165) is 38.3 Å². The summed E-state index contributed by atoms with van der Waals surface area (Å²) in [7, 11) is 0. The molecule has 0 atom stereocenters. The molecule has 0 fully saturated rings. The van der Waals surface area contributed by atoms with Gasteiger partial charge in [-0.1, -0.05) is 0 Å². The standard InChI is InChI=1S/C20H30N2O3/c1-6-21-11-12-24-17-13-15-7-9-22(19(23)25-20(3,4)5)10-8-16(15)14(2)18(17)21/h13H,6-12H2,1-5H3. The molecule has 1 amide bonds. The monoisotopic (exact) mass is 346 g/mol. The van der Waals surface area contributed by atoms with Crippen molar-refractivity contribution in [2.24, 2.45) is 0 Å². The molecule has 0 saturated heterocycles. The fourth-order valence-electron chi connectivity index (χ4n) is 3.77. The van der Waals surface area contributed by atoms with Crippen molar-refractivity contribution in [2.45, 2.75) is 53.1 Å². The van der Waals surface area contributed by atoms with Gasteiger partial charge in [0, 0.05) is 19.6 Å². The van der Waals surface area contributed by atoms with Gasteiger partial charge in [0.1, 0.15) is 18.0 Å². The smallest absolute Gasteiger partial charge is 0.410 e. The van der Waals surface area contributed by atoms with Crippen molar-refractivity contribution in [2.75, 3.05) is 37.7 Å². The third-order valence-electron chi connectivity index (χ3n) is 4.99. The first-order chi connectivity index (χ1) is 11.8. The first-order valence-electron chi connectivity index (χ1n) is 9.31. The van der Waals surface area contributed by atoms with Crippen molar-refractivity contribution in [3.63, 3.8) is 0 Å². The van der Waals surface area contributed by atoms with Crippen LogP contribution in [0.3, 0.4) is 0 Å². The number of rotatable bonds is 1. The van der Waals surface area contributed by atoms with Crippen LogP contribution in [0.25, 0.3) is 0 Å². The maximum atomic E-state index is 12.4. The molecule has 2 aliphatic rings. The van der Waals surface area contributed by atoms with Crippen LogP contribution in [0.4, 0.5) is 10.5 Å². The van der Waals surface area contributed by atoms with Crippen LogP contribution in [0.5, 0.6) is 5.75 Å². The third-order valence-corrected chi connectivity index (χ3v) is 4.99. The molecule has 25 heavy (non-hydrogen) atoms. The minimum atomic E-state index is -0.458. The molecule has 2 heterocycles. The summed E-state index contributed by atoms with van der Waals surface area (Å²) >= 11 is 0. The second-order valence-corrected chi connectivity index (χ2v) is 7.88. The van der Waals surface area contributed by atoms with Crippen LogP contribution >= 0.6 is 0 Å². The number of fused-ring (bicyclic) bond motifs is 2. The van der Waals surface area contributed by atoms with Crippen molar-refractivity contribution >= 4 is 11.8 Å². The van der Waals surface area contributed by atoms with Crippen LogP contribution in [-0.4, -0.2) is 49.4 Å². The summed E-state index contributed by atoms with van der Waals surface area (Å²) in [6.07, 6.45) is 1.50. The van der Waals surface area contributed by atoms with Crippen molar-refractivity contribution in [3.8, 4) is 5.75 Å². The van der Waals surface area contributed by atoms with Crippen LogP contribution in [0, 0.1) is 6.92 Å². The van der Waals surface area contributed by atoms with E-state index in [0.29, 0.717) is 13.1 Å². The Labute approximate surface area is 150 Å². The molecule has 0 saturated carbocycles. The number of anilines is 1. The number of hydrogen-bond acceptors (Lipinski definition) is 4. The number of carbonyl (C=O) groups excluding carboxylic acids is 1. The Balaban J connectivity index is 1.85. The summed E-state index contributed by atoms with van der Waals surface area (Å²) in [6, 6.07) is 2.19. The molecule has 5 heteroatoms. The molecule has 0 bridgehead atoms. The number of amides is 1. The minimum absolute atomic E-state index is 0.214. The predicted molar refractivity (Wildman–Crippen MR) is 99.8 cm³/mol. The fourth-order valence-corrected chi connectivity index (χ4v) is 3.77. The van der Waals surface area contributed by atoms with Gasteiger partial charge < -0.3 is 19.3 Å². The Kier molecular flexibility index (Phi) is 4.85. The Morgan fingerprint density at radius 2 is 1.96 bits per heavy atom. The quantitative estimate of drug-likeness (QED) is 0.780. The van der Waals surface area contributed by atoms with Gasteiger partial charge >= 0.3 is 6.09 Å². The molecule has 0 radical (unpaired) electrons. The maximum Gasteiger partial charge on any atom is 0.410 e. The van der Waals surface area contributed by atoms with Crippen LogP contribution in [0.2, 0.25) is 0 Å². The summed E-state index contributed by atoms with van der Waals surface area (Å²) in [5, 5.41) is 0. The van der Waals surface area contributed by atoms with Gasteiger partial charge in [0.2, 0.25) is 0 Å². The molecule has 0 N–H and O–H groups in total. The Morgan fingerprint density at radius 1 is 1.24 bits per heavy atom. The molecule has 138 valence electrons. The van der Waals surface area contributed by atoms with Gasteiger partial charge in [-0.05, 0) is 70.2 Å². The van der Waals surface area contributed by atoms with Crippen LogP contribution in [-0.2, 0) is 17.6 Å². The lowest BCUT2D eigenvalue weighted by atomic mass is 9.94. The van der Waals surface area contributed by atoms with Gasteiger partial charge in [0.15, 0.2) is 0 Å². The summed E-state index contributed by atoms with van der Waals surface area (Å²) in [4.78, 5) is 16.7.